The van der Waals surface area contributed by atoms with Crippen molar-refractivity contribution in [1.29, 1.82) is 0 Å². The van der Waals surface area contributed by atoms with Gasteiger partial charge in [-0.1, -0.05) is 55.0 Å². The first-order valence-corrected chi connectivity index (χ1v) is 12.3. The minimum absolute atomic E-state index is 0.0113. The number of fused-ring (bicyclic) bond motifs is 3. The average Bonchev–Trinajstić information content (AvgIpc) is 3.16. The number of rotatable bonds is 8. The molecule has 5 N–H and O–H groups in total. The van der Waals surface area contributed by atoms with Crippen LogP contribution in [0, 0.1) is 0 Å². The number of alkyl halides is 3. The number of aromatic nitrogens is 1. The third-order valence-electron chi connectivity index (χ3n) is 6.19. The Labute approximate surface area is 218 Å². The third-order valence-corrected chi connectivity index (χ3v) is 6.19. The van der Waals surface area contributed by atoms with Crippen LogP contribution in [0.25, 0.3) is 10.9 Å². The predicted octanol–water partition coefficient (Wildman–Crippen LogP) is 3.54. The minimum atomic E-state index is -5.08. The Morgan fingerprint density at radius 3 is 2.37 bits per heavy atom. The van der Waals surface area contributed by atoms with Gasteiger partial charge in [0, 0.05) is 29.6 Å². The van der Waals surface area contributed by atoms with Crippen LogP contribution in [-0.2, 0) is 33.8 Å². The lowest BCUT2D eigenvalue weighted by Gasteiger charge is -2.25. The third kappa shape index (κ3) is 7.82. The summed E-state index contributed by atoms with van der Waals surface area (Å²) in [6.07, 6.45) is -1.47. The molecule has 204 valence electrons. The first kappa shape index (κ1) is 28.7. The number of hydrogen-bond acceptors (Lipinski definition) is 4. The molecule has 0 unspecified atom stereocenters. The Kier molecular flexibility index (Phi) is 9.89. The molecular weight excluding hydrogens is 501 g/mol. The molecule has 0 saturated carbocycles. The van der Waals surface area contributed by atoms with Gasteiger partial charge in [-0.05, 0) is 36.6 Å². The minimum Gasteiger partial charge on any atom is -0.475 e. The van der Waals surface area contributed by atoms with Crippen molar-refractivity contribution in [1.82, 2.24) is 15.2 Å². The van der Waals surface area contributed by atoms with Crippen LogP contribution < -0.4 is 11.1 Å². The van der Waals surface area contributed by atoms with Gasteiger partial charge in [0.15, 0.2) is 0 Å². The highest BCUT2D eigenvalue weighted by Crippen LogP contribution is 2.28. The first-order chi connectivity index (χ1) is 18.1. The van der Waals surface area contributed by atoms with E-state index >= 15 is 0 Å². The van der Waals surface area contributed by atoms with E-state index in [1.165, 1.54) is 0 Å². The number of carbonyl (C=O) groups excluding carboxylic acids is 2. The fourth-order valence-corrected chi connectivity index (χ4v) is 4.36. The summed E-state index contributed by atoms with van der Waals surface area (Å²) >= 11 is 0. The van der Waals surface area contributed by atoms with E-state index in [4.69, 9.17) is 15.6 Å². The van der Waals surface area contributed by atoms with Crippen molar-refractivity contribution in [3.63, 3.8) is 0 Å². The Balaban J connectivity index is 0.000000505. The van der Waals surface area contributed by atoms with E-state index in [-0.39, 0.29) is 18.2 Å². The second-order valence-electron chi connectivity index (χ2n) is 9.03. The smallest absolute Gasteiger partial charge is 0.475 e. The zero-order valence-electron chi connectivity index (χ0n) is 20.8. The summed E-state index contributed by atoms with van der Waals surface area (Å²) in [5.74, 6) is -2.90. The zero-order valence-corrected chi connectivity index (χ0v) is 20.8. The molecule has 3 aromatic rings. The number of nitrogens with zero attached hydrogens (tertiary/aromatic N) is 1. The molecule has 4 rings (SSSR count). The predicted molar refractivity (Wildman–Crippen MR) is 136 cm³/mol. The largest absolute Gasteiger partial charge is 0.490 e. The molecule has 2 aromatic carbocycles. The van der Waals surface area contributed by atoms with Crippen LogP contribution in [0.1, 0.15) is 36.1 Å². The number of unbranched alkanes of at least 4 members (excludes halogenated alkanes) is 2. The van der Waals surface area contributed by atoms with E-state index in [0.717, 1.165) is 47.0 Å². The summed E-state index contributed by atoms with van der Waals surface area (Å²) in [4.78, 5) is 40.4. The van der Waals surface area contributed by atoms with Gasteiger partial charge in [-0.25, -0.2) is 4.79 Å². The second kappa shape index (κ2) is 13.1. The lowest BCUT2D eigenvalue weighted by Crippen LogP contribution is -2.48. The normalized spacial score (nSPS) is 15.3. The highest BCUT2D eigenvalue weighted by molar-refractivity contribution is 5.91. The highest BCUT2D eigenvalue weighted by Gasteiger charge is 2.38. The maximum Gasteiger partial charge on any atom is 0.490 e. The van der Waals surface area contributed by atoms with E-state index in [9.17, 15) is 22.8 Å². The van der Waals surface area contributed by atoms with Crippen molar-refractivity contribution in [2.45, 2.75) is 50.9 Å². The number of nitrogens with one attached hydrogen (secondary N) is 2. The lowest BCUT2D eigenvalue weighted by atomic mass is 10.0. The van der Waals surface area contributed by atoms with Gasteiger partial charge in [0.2, 0.25) is 11.8 Å². The number of H-pyrrole nitrogens is 1. The Morgan fingerprint density at radius 2 is 1.71 bits per heavy atom. The lowest BCUT2D eigenvalue weighted by molar-refractivity contribution is -0.192. The quantitative estimate of drug-likeness (QED) is 0.330. The van der Waals surface area contributed by atoms with Crippen molar-refractivity contribution in [2.75, 3.05) is 13.1 Å². The molecule has 0 spiro atoms. The molecule has 0 fully saturated rings. The molecule has 0 saturated heterocycles. The fourth-order valence-electron chi connectivity index (χ4n) is 4.36. The summed E-state index contributed by atoms with van der Waals surface area (Å²) in [5.41, 5.74) is 9.81. The summed E-state index contributed by atoms with van der Waals surface area (Å²) in [6, 6.07) is 17.2. The van der Waals surface area contributed by atoms with Crippen LogP contribution >= 0.6 is 0 Å². The van der Waals surface area contributed by atoms with Crippen LogP contribution in [0.5, 0.6) is 0 Å². The van der Waals surface area contributed by atoms with Gasteiger partial charge in [-0.3, -0.25) is 9.59 Å². The number of carbonyl (C=O) groups is 3. The number of aromatic amines is 1. The number of halogens is 3. The monoisotopic (exact) mass is 532 g/mol. The van der Waals surface area contributed by atoms with E-state index in [1.807, 2.05) is 47.4 Å². The van der Waals surface area contributed by atoms with E-state index in [1.54, 1.807) is 0 Å². The first-order valence-electron chi connectivity index (χ1n) is 12.3. The van der Waals surface area contributed by atoms with Gasteiger partial charge < -0.3 is 26.0 Å². The van der Waals surface area contributed by atoms with Crippen molar-refractivity contribution in [3.8, 4) is 0 Å². The molecule has 0 bridgehead atoms. The van der Waals surface area contributed by atoms with Crippen molar-refractivity contribution in [3.05, 3.63) is 71.4 Å². The molecule has 2 amide bonds. The van der Waals surface area contributed by atoms with Crippen LogP contribution in [-0.4, -0.2) is 58.1 Å². The van der Waals surface area contributed by atoms with Crippen LogP contribution in [0.2, 0.25) is 0 Å². The molecule has 11 heteroatoms. The average molecular weight is 533 g/mol. The molecule has 38 heavy (non-hydrogen) atoms. The molecule has 1 atom stereocenters. The van der Waals surface area contributed by atoms with Crippen molar-refractivity contribution >= 4 is 28.7 Å². The number of benzene rings is 2. The molecular formula is C27H31F3N4O4. The van der Waals surface area contributed by atoms with Gasteiger partial charge >= 0.3 is 12.1 Å². The number of carboxylic acids is 1. The van der Waals surface area contributed by atoms with Gasteiger partial charge in [0.05, 0.1) is 13.0 Å². The van der Waals surface area contributed by atoms with Gasteiger partial charge in [-0.15, -0.1) is 0 Å². The number of amides is 2. The van der Waals surface area contributed by atoms with Gasteiger partial charge in [-0.2, -0.15) is 13.2 Å². The van der Waals surface area contributed by atoms with Crippen LogP contribution in [0.3, 0.4) is 0 Å². The van der Waals surface area contributed by atoms with E-state index in [2.05, 4.69) is 22.4 Å². The summed E-state index contributed by atoms with van der Waals surface area (Å²) in [7, 11) is 0. The topological polar surface area (TPSA) is 129 Å². The Bertz CT molecular complexity index is 1240. The summed E-state index contributed by atoms with van der Waals surface area (Å²) < 4.78 is 31.7. The SMILES string of the molecule is NCCCCCN1Cc2[nH]c3ccccc3c2C[C@@H](NC(=O)Cc2ccccc2)C1=O.O=C(O)C(F)(F)F. The molecule has 1 aromatic heterocycles. The number of aliphatic carboxylic acids is 1. The maximum absolute atomic E-state index is 13.4. The standard InChI is InChI=1S/C25H30N4O2.C2HF3O2/c26-13-7-2-8-14-29-17-23-20(19-11-5-6-12-21(19)27-23)16-22(25(29)31)28-24(30)15-18-9-3-1-4-10-18;3-2(4,5)1(6)7/h1,3-6,9-12,22,27H,2,7-8,13-17,26H2,(H,28,30);(H,6,7)/t22-;/m1./s1. The fraction of sp³-hybridized carbons (Fsp3) is 0.370. The Hall–Kier alpha value is -3.86. The van der Waals surface area contributed by atoms with Crippen LogP contribution in [0.4, 0.5) is 13.2 Å². The van der Waals surface area contributed by atoms with Gasteiger partial charge in [0.25, 0.3) is 0 Å². The Morgan fingerprint density at radius 1 is 1.05 bits per heavy atom. The van der Waals surface area contributed by atoms with Gasteiger partial charge in [0.1, 0.15) is 6.04 Å². The highest BCUT2D eigenvalue weighted by atomic mass is 19.4. The zero-order chi connectivity index (χ0) is 27.7. The van der Waals surface area contributed by atoms with Crippen LogP contribution in [0.15, 0.2) is 54.6 Å². The summed E-state index contributed by atoms with van der Waals surface area (Å²) in [6.45, 7) is 1.87. The number of carboxylic acid groups (broad SMARTS) is 1. The molecule has 1 aliphatic heterocycles. The molecule has 1 aliphatic rings. The van der Waals surface area contributed by atoms with E-state index in [0.29, 0.717) is 26.1 Å². The summed E-state index contributed by atoms with van der Waals surface area (Å²) in [5, 5.41) is 11.3. The number of para-hydroxylation sites is 1. The molecule has 8 nitrogen and oxygen atoms in total. The molecule has 0 aliphatic carbocycles. The number of hydrogen-bond donors (Lipinski definition) is 4. The maximum atomic E-state index is 13.4. The van der Waals surface area contributed by atoms with Crippen molar-refractivity contribution in [2.24, 2.45) is 5.73 Å². The molecule has 0 radical (unpaired) electrons. The molecule has 2 heterocycles. The number of nitrogens with two attached hydrogens (primary N) is 1. The van der Waals surface area contributed by atoms with Crippen molar-refractivity contribution < 1.29 is 32.7 Å². The van der Waals surface area contributed by atoms with E-state index < -0.39 is 18.2 Å². The second-order valence-corrected chi connectivity index (χ2v) is 9.03.